The van der Waals surface area contributed by atoms with Crippen LogP contribution in [0.2, 0.25) is 0 Å². The maximum Gasteiger partial charge on any atom is 0.236 e. The van der Waals surface area contributed by atoms with E-state index in [1.54, 1.807) is 23.2 Å². The van der Waals surface area contributed by atoms with Crippen LogP contribution in [0.1, 0.15) is 16.1 Å². The Balaban J connectivity index is 2.12. The molecule has 0 fully saturated rings. The molecule has 5 heteroatoms. The van der Waals surface area contributed by atoms with E-state index in [0.717, 1.165) is 11.3 Å². The minimum atomic E-state index is -0.00264. The van der Waals surface area contributed by atoms with Gasteiger partial charge in [0.25, 0.3) is 0 Å². The molecule has 0 amide bonds. The van der Waals surface area contributed by atoms with E-state index in [1.807, 2.05) is 12.1 Å². The number of imidazole rings is 1. The zero-order valence-corrected chi connectivity index (χ0v) is 9.41. The topological polar surface area (TPSA) is 73.8 Å². The van der Waals surface area contributed by atoms with Gasteiger partial charge in [0.2, 0.25) is 5.91 Å². The van der Waals surface area contributed by atoms with Crippen molar-refractivity contribution in [3.05, 3.63) is 48.3 Å². The van der Waals surface area contributed by atoms with Gasteiger partial charge in [-0.1, -0.05) is 0 Å². The molecule has 0 saturated carbocycles. The third-order valence-corrected chi connectivity index (χ3v) is 2.49. The highest BCUT2D eigenvalue weighted by Crippen LogP contribution is 2.04. The third-order valence-electron chi connectivity index (χ3n) is 2.49. The van der Waals surface area contributed by atoms with Crippen LogP contribution < -0.4 is 5.73 Å². The molecule has 0 saturated heterocycles. The van der Waals surface area contributed by atoms with E-state index in [4.69, 9.17) is 5.73 Å². The molecule has 0 aliphatic carbocycles. The first kappa shape index (κ1) is 11.5. The Bertz CT molecular complexity index is 492. The molecular formula is C12H14N4O. The summed E-state index contributed by atoms with van der Waals surface area (Å²) in [5, 5.41) is 0. The lowest BCUT2D eigenvalue weighted by Gasteiger charge is -2.05. The minimum absolute atomic E-state index is 0.00264. The molecule has 2 aromatic heterocycles. The molecule has 17 heavy (non-hydrogen) atoms. The van der Waals surface area contributed by atoms with Gasteiger partial charge < -0.3 is 5.73 Å². The fourth-order valence-corrected chi connectivity index (χ4v) is 1.64. The molecule has 0 aliphatic heterocycles. The van der Waals surface area contributed by atoms with Crippen LogP contribution in [0.3, 0.4) is 0 Å². The van der Waals surface area contributed by atoms with Crippen LogP contribution in [-0.4, -0.2) is 27.0 Å². The van der Waals surface area contributed by atoms with E-state index < -0.39 is 0 Å². The Morgan fingerprint density at radius 1 is 1.29 bits per heavy atom. The van der Waals surface area contributed by atoms with Crippen LogP contribution in [0.25, 0.3) is 0 Å². The van der Waals surface area contributed by atoms with E-state index in [0.29, 0.717) is 19.4 Å². The number of aromatic nitrogens is 3. The van der Waals surface area contributed by atoms with E-state index in [-0.39, 0.29) is 5.91 Å². The van der Waals surface area contributed by atoms with Crippen molar-refractivity contribution in [2.45, 2.75) is 12.8 Å². The molecule has 0 aromatic carbocycles. The second kappa shape index (κ2) is 5.36. The summed E-state index contributed by atoms with van der Waals surface area (Å²) in [4.78, 5) is 19.9. The smallest absolute Gasteiger partial charge is 0.236 e. The summed E-state index contributed by atoms with van der Waals surface area (Å²) in [6, 6.07) is 3.66. The first-order chi connectivity index (χ1) is 8.31. The van der Waals surface area contributed by atoms with Crippen molar-refractivity contribution in [2.24, 2.45) is 5.73 Å². The van der Waals surface area contributed by atoms with Gasteiger partial charge in [-0.15, -0.1) is 0 Å². The molecule has 88 valence electrons. The van der Waals surface area contributed by atoms with Crippen molar-refractivity contribution in [3.8, 4) is 0 Å². The van der Waals surface area contributed by atoms with Crippen molar-refractivity contribution >= 4 is 5.91 Å². The fourth-order valence-electron chi connectivity index (χ4n) is 1.64. The number of nitrogens with zero attached hydrogens (tertiary/aromatic N) is 3. The van der Waals surface area contributed by atoms with Crippen molar-refractivity contribution in [3.63, 3.8) is 0 Å². The number of carbonyl (C=O) groups is 1. The molecule has 0 unspecified atom stereocenters. The summed E-state index contributed by atoms with van der Waals surface area (Å²) in [5.74, 6) is -0.00264. The number of rotatable bonds is 4. The van der Waals surface area contributed by atoms with E-state index in [9.17, 15) is 4.79 Å². The Hall–Kier alpha value is -2.01. The van der Waals surface area contributed by atoms with Gasteiger partial charge in [-0.3, -0.25) is 14.3 Å². The monoisotopic (exact) mass is 230 g/mol. The Morgan fingerprint density at radius 2 is 2.06 bits per heavy atom. The van der Waals surface area contributed by atoms with Crippen LogP contribution >= 0.6 is 0 Å². The second-order valence-electron chi connectivity index (χ2n) is 3.72. The molecule has 0 aliphatic rings. The lowest BCUT2D eigenvalue weighted by molar-refractivity contribution is 0.0911. The predicted molar refractivity (Wildman–Crippen MR) is 63.6 cm³/mol. The van der Waals surface area contributed by atoms with E-state index in [2.05, 4.69) is 9.97 Å². The van der Waals surface area contributed by atoms with E-state index >= 15 is 0 Å². The number of nitrogens with two attached hydrogens (primary N) is 1. The lowest BCUT2D eigenvalue weighted by atomic mass is 10.2. The quantitative estimate of drug-likeness (QED) is 0.837. The van der Waals surface area contributed by atoms with Crippen molar-refractivity contribution in [1.29, 1.82) is 0 Å². The van der Waals surface area contributed by atoms with Gasteiger partial charge in [0.1, 0.15) is 6.33 Å². The van der Waals surface area contributed by atoms with Crippen LogP contribution in [0.15, 0.2) is 37.1 Å². The largest absolute Gasteiger partial charge is 0.330 e. The number of carbonyl (C=O) groups excluding carboxylic acids is 1. The number of hydrogen-bond donors (Lipinski definition) is 1. The summed E-state index contributed by atoms with van der Waals surface area (Å²) < 4.78 is 1.56. The highest BCUT2D eigenvalue weighted by molar-refractivity contribution is 5.81. The van der Waals surface area contributed by atoms with Gasteiger partial charge in [0, 0.05) is 30.7 Å². The molecule has 0 bridgehead atoms. The minimum Gasteiger partial charge on any atom is -0.330 e. The Kier molecular flexibility index (Phi) is 3.62. The zero-order chi connectivity index (χ0) is 12.1. The van der Waals surface area contributed by atoms with Crippen LogP contribution in [0.5, 0.6) is 0 Å². The first-order valence-electron chi connectivity index (χ1n) is 5.44. The average molecular weight is 230 g/mol. The highest BCUT2D eigenvalue weighted by atomic mass is 16.2. The zero-order valence-electron chi connectivity index (χ0n) is 9.41. The molecule has 0 spiro atoms. The second-order valence-corrected chi connectivity index (χ2v) is 3.72. The molecule has 2 heterocycles. The van der Waals surface area contributed by atoms with Gasteiger partial charge in [0.05, 0.1) is 6.42 Å². The highest BCUT2D eigenvalue weighted by Gasteiger charge is 2.10. The standard InChI is InChI=1S/C12H14N4O/c13-4-1-11-8-15-9-16(11)12(17)7-10-2-5-14-6-3-10/h2-3,5-6,8-9H,1,4,7,13H2. The van der Waals surface area contributed by atoms with Gasteiger partial charge in [-0.2, -0.15) is 0 Å². The first-order valence-corrected chi connectivity index (χ1v) is 5.44. The van der Waals surface area contributed by atoms with Gasteiger partial charge in [-0.05, 0) is 24.2 Å². The Morgan fingerprint density at radius 3 is 2.76 bits per heavy atom. The molecule has 5 nitrogen and oxygen atoms in total. The summed E-state index contributed by atoms with van der Waals surface area (Å²) in [6.45, 7) is 0.508. The van der Waals surface area contributed by atoms with Gasteiger partial charge >= 0.3 is 0 Å². The molecule has 2 aromatic rings. The molecule has 0 radical (unpaired) electrons. The van der Waals surface area contributed by atoms with E-state index in [1.165, 1.54) is 6.33 Å². The normalized spacial score (nSPS) is 10.4. The third kappa shape index (κ3) is 2.76. The number of pyridine rings is 1. The molecule has 2 rings (SSSR count). The van der Waals surface area contributed by atoms with Crippen molar-refractivity contribution in [2.75, 3.05) is 6.54 Å². The summed E-state index contributed by atoms with van der Waals surface area (Å²) in [6.07, 6.45) is 7.57. The maximum absolute atomic E-state index is 12.0. The Labute approximate surface area is 99.3 Å². The van der Waals surface area contributed by atoms with Gasteiger partial charge in [0.15, 0.2) is 0 Å². The maximum atomic E-state index is 12.0. The number of hydrogen-bond acceptors (Lipinski definition) is 4. The summed E-state index contributed by atoms with van der Waals surface area (Å²) >= 11 is 0. The average Bonchev–Trinajstić information content (AvgIpc) is 2.79. The van der Waals surface area contributed by atoms with Gasteiger partial charge in [-0.25, -0.2) is 4.98 Å². The predicted octanol–water partition coefficient (Wildman–Crippen LogP) is 0.662. The van der Waals surface area contributed by atoms with Crippen LogP contribution in [-0.2, 0) is 12.8 Å². The molecule has 0 atom stereocenters. The van der Waals surface area contributed by atoms with Crippen LogP contribution in [0, 0.1) is 0 Å². The van der Waals surface area contributed by atoms with Crippen molar-refractivity contribution < 1.29 is 4.79 Å². The lowest BCUT2D eigenvalue weighted by Crippen LogP contribution is -2.17. The summed E-state index contributed by atoms with van der Waals surface area (Å²) in [5.41, 5.74) is 7.28. The summed E-state index contributed by atoms with van der Waals surface area (Å²) in [7, 11) is 0. The molecule has 2 N–H and O–H groups in total. The van der Waals surface area contributed by atoms with Crippen LogP contribution in [0.4, 0.5) is 0 Å². The molecular weight excluding hydrogens is 216 g/mol. The SMILES string of the molecule is NCCc1cncn1C(=O)Cc1ccncc1. The van der Waals surface area contributed by atoms with Crippen molar-refractivity contribution in [1.82, 2.24) is 14.5 Å². The fraction of sp³-hybridized carbons (Fsp3) is 0.250.